The minimum absolute atomic E-state index is 0.0137. The van der Waals surface area contributed by atoms with E-state index in [9.17, 15) is 13.5 Å². The lowest BCUT2D eigenvalue weighted by atomic mass is 10.3. The summed E-state index contributed by atoms with van der Waals surface area (Å²) in [6.07, 6.45) is 0. The number of benzene rings is 3. The third-order valence-electron chi connectivity index (χ3n) is 3.37. The summed E-state index contributed by atoms with van der Waals surface area (Å²) < 4.78 is 30.7. The van der Waals surface area contributed by atoms with E-state index in [0.717, 1.165) is 0 Å². The van der Waals surface area contributed by atoms with Gasteiger partial charge in [-0.1, -0.05) is 6.07 Å². The van der Waals surface area contributed by atoms with Crippen LogP contribution in [0.25, 0.3) is 0 Å². The number of anilines is 1. The zero-order chi connectivity index (χ0) is 17.2. The van der Waals surface area contributed by atoms with Gasteiger partial charge < -0.3 is 15.6 Å². The van der Waals surface area contributed by atoms with Crippen molar-refractivity contribution < 1.29 is 18.3 Å². The van der Waals surface area contributed by atoms with Crippen LogP contribution in [0.1, 0.15) is 0 Å². The van der Waals surface area contributed by atoms with Crippen LogP contribution in [0.3, 0.4) is 0 Å². The number of hydrogen-bond acceptors (Lipinski definition) is 5. The van der Waals surface area contributed by atoms with E-state index in [1.165, 1.54) is 36.4 Å². The highest BCUT2D eigenvalue weighted by atomic mass is 32.2. The molecule has 3 N–H and O–H groups in total. The number of rotatable bonds is 4. The molecule has 0 bridgehead atoms. The van der Waals surface area contributed by atoms with Crippen molar-refractivity contribution in [3.05, 3.63) is 72.8 Å². The van der Waals surface area contributed by atoms with Gasteiger partial charge in [-0.25, -0.2) is 8.42 Å². The van der Waals surface area contributed by atoms with Gasteiger partial charge >= 0.3 is 0 Å². The van der Waals surface area contributed by atoms with Gasteiger partial charge in [-0.3, -0.25) is 0 Å². The Morgan fingerprint density at radius 3 is 1.96 bits per heavy atom. The zero-order valence-electron chi connectivity index (χ0n) is 12.6. The van der Waals surface area contributed by atoms with Crippen LogP contribution in [0.4, 0.5) is 5.69 Å². The normalized spacial score (nSPS) is 11.2. The summed E-state index contributed by atoms with van der Waals surface area (Å²) in [5.41, 5.74) is 6.27. The number of hydrogen-bond donors (Lipinski definition) is 2. The Bertz CT molecular complexity index is 949. The molecule has 6 heteroatoms. The van der Waals surface area contributed by atoms with E-state index in [2.05, 4.69) is 0 Å². The van der Waals surface area contributed by atoms with E-state index < -0.39 is 9.84 Å². The predicted molar refractivity (Wildman–Crippen MR) is 90.9 cm³/mol. The quantitative estimate of drug-likeness (QED) is 0.708. The van der Waals surface area contributed by atoms with Gasteiger partial charge in [-0.15, -0.1) is 0 Å². The van der Waals surface area contributed by atoms with E-state index in [-0.39, 0.29) is 15.5 Å². The summed E-state index contributed by atoms with van der Waals surface area (Å²) in [6, 6.07) is 18.5. The van der Waals surface area contributed by atoms with Crippen molar-refractivity contribution in [2.75, 3.05) is 5.73 Å². The molecule has 0 saturated carbocycles. The molecule has 24 heavy (non-hydrogen) atoms. The first-order valence-corrected chi connectivity index (χ1v) is 8.61. The maximum Gasteiger partial charge on any atom is 0.206 e. The van der Waals surface area contributed by atoms with Crippen molar-refractivity contribution in [2.24, 2.45) is 0 Å². The van der Waals surface area contributed by atoms with E-state index >= 15 is 0 Å². The van der Waals surface area contributed by atoms with Crippen LogP contribution in [0.5, 0.6) is 17.2 Å². The third-order valence-corrected chi connectivity index (χ3v) is 5.16. The number of nitrogens with two attached hydrogens (primary N) is 1. The van der Waals surface area contributed by atoms with Crippen molar-refractivity contribution in [1.82, 2.24) is 0 Å². The number of aromatic hydroxyl groups is 1. The smallest absolute Gasteiger partial charge is 0.206 e. The summed E-state index contributed by atoms with van der Waals surface area (Å²) in [5, 5.41) is 9.27. The Morgan fingerprint density at radius 2 is 1.38 bits per heavy atom. The maximum absolute atomic E-state index is 12.5. The van der Waals surface area contributed by atoms with Crippen LogP contribution < -0.4 is 10.5 Å². The molecule has 3 aromatic rings. The highest BCUT2D eigenvalue weighted by Gasteiger charge is 2.17. The van der Waals surface area contributed by atoms with Crippen LogP contribution in [0.15, 0.2) is 82.6 Å². The van der Waals surface area contributed by atoms with Gasteiger partial charge in [0, 0.05) is 11.8 Å². The second kappa shape index (κ2) is 6.25. The van der Waals surface area contributed by atoms with Crippen LogP contribution in [-0.4, -0.2) is 13.5 Å². The van der Waals surface area contributed by atoms with E-state index in [1.807, 2.05) is 0 Å². The second-order valence-corrected chi connectivity index (χ2v) is 7.09. The van der Waals surface area contributed by atoms with E-state index in [1.54, 1.807) is 36.4 Å². The SMILES string of the molecule is Nc1cccc(Oc2ccc(S(=O)(=O)c3ccc(O)cc3)cc2)c1. The van der Waals surface area contributed by atoms with Gasteiger partial charge in [-0.05, 0) is 60.7 Å². The molecule has 5 nitrogen and oxygen atoms in total. The third kappa shape index (κ3) is 3.33. The van der Waals surface area contributed by atoms with Crippen molar-refractivity contribution >= 4 is 15.5 Å². The minimum atomic E-state index is -3.64. The molecule has 3 aromatic carbocycles. The van der Waals surface area contributed by atoms with Crippen molar-refractivity contribution in [1.29, 1.82) is 0 Å². The summed E-state index contributed by atoms with van der Waals surface area (Å²) >= 11 is 0. The molecule has 0 aromatic heterocycles. The van der Waals surface area contributed by atoms with E-state index in [4.69, 9.17) is 10.5 Å². The minimum Gasteiger partial charge on any atom is -0.508 e. The molecule has 0 saturated heterocycles. The van der Waals surface area contributed by atoms with Crippen LogP contribution in [-0.2, 0) is 9.84 Å². The molecule has 0 fully saturated rings. The van der Waals surface area contributed by atoms with Crippen molar-refractivity contribution in [3.63, 3.8) is 0 Å². The molecule has 122 valence electrons. The number of ether oxygens (including phenoxy) is 1. The Kier molecular flexibility index (Phi) is 4.14. The number of nitrogen functional groups attached to an aromatic ring is 1. The molecule has 0 amide bonds. The van der Waals surface area contributed by atoms with Gasteiger partial charge in [0.1, 0.15) is 17.2 Å². The Morgan fingerprint density at radius 1 is 0.792 bits per heavy atom. The molecule has 0 aliphatic rings. The molecule has 0 atom stereocenters. The predicted octanol–water partition coefficient (Wildman–Crippen LogP) is 3.60. The second-order valence-electron chi connectivity index (χ2n) is 5.14. The maximum atomic E-state index is 12.5. The molecule has 0 aliphatic carbocycles. The van der Waals surface area contributed by atoms with Crippen molar-refractivity contribution in [3.8, 4) is 17.2 Å². The average molecular weight is 341 g/mol. The van der Waals surface area contributed by atoms with E-state index in [0.29, 0.717) is 17.2 Å². The fourth-order valence-electron chi connectivity index (χ4n) is 2.16. The topological polar surface area (TPSA) is 89.6 Å². The summed E-state index contributed by atoms with van der Waals surface area (Å²) in [4.78, 5) is 0.262. The monoisotopic (exact) mass is 341 g/mol. The highest BCUT2D eigenvalue weighted by Crippen LogP contribution is 2.27. The lowest BCUT2D eigenvalue weighted by Gasteiger charge is -2.08. The van der Waals surface area contributed by atoms with Gasteiger partial charge in [0.25, 0.3) is 0 Å². The first-order chi connectivity index (χ1) is 11.4. The van der Waals surface area contributed by atoms with Gasteiger partial charge in [0.2, 0.25) is 9.84 Å². The first kappa shape index (κ1) is 15.9. The fourth-order valence-corrected chi connectivity index (χ4v) is 3.42. The van der Waals surface area contributed by atoms with Crippen LogP contribution in [0, 0.1) is 0 Å². The molecule has 0 unspecified atom stereocenters. The average Bonchev–Trinajstić information content (AvgIpc) is 2.56. The summed E-state index contributed by atoms with van der Waals surface area (Å²) in [7, 11) is -3.64. The molecule has 0 heterocycles. The molecule has 0 aliphatic heterocycles. The molecular formula is C18H15NO4S. The van der Waals surface area contributed by atoms with Crippen LogP contribution >= 0.6 is 0 Å². The first-order valence-electron chi connectivity index (χ1n) is 7.13. The number of phenolic OH excluding ortho intramolecular Hbond substituents is 1. The van der Waals surface area contributed by atoms with Gasteiger partial charge in [0.05, 0.1) is 9.79 Å². The number of phenols is 1. The standard InChI is InChI=1S/C18H15NO4S/c19-13-2-1-3-16(12-13)23-15-6-10-18(11-7-15)24(21,22)17-8-4-14(20)5-9-17/h1-12,20H,19H2. The van der Waals surface area contributed by atoms with Crippen LogP contribution in [0.2, 0.25) is 0 Å². The fraction of sp³-hybridized carbons (Fsp3) is 0. The molecule has 3 rings (SSSR count). The highest BCUT2D eigenvalue weighted by molar-refractivity contribution is 7.91. The Hall–Kier alpha value is -2.99. The zero-order valence-corrected chi connectivity index (χ0v) is 13.4. The lowest BCUT2D eigenvalue weighted by Crippen LogP contribution is -2.01. The largest absolute Gasteiger partial charge is 0.508 e. The van der Waals surface area contributed by atoms with Gasteiger partial charge in [0.15, 0.2) is 0 Å². The molecule has 0 radical (unpaired) electrons. The number of sulfone groups is 1. The van der Waals surface area contributed by atoms with Crippen molar-refractivity contribution in [2.45, 2.75) is 9.79 Å². The van der Waals surface area contributed by atoms with Gasteiger partial charge in [-0.2, -0.15) is 0 Å². The molecular weight excluding hydrogens is 326 g/mol. The Labute approximate surface area is 139 Å². The molecule has 0 spiro atoms. The Balaban J connectivity index is 1.85. The summed E-state index contributed by atoms with van der Waals surface area (Å²) in [5.74, 6) is 1.09. The summed E-state index contributed by atoms with van der Waals surface area (Å²) in [6.45, 7) is 0. The lowest BCUT2D eigenvalue weighted by molar-refractivity contribution is 0.475.